The van der Waals surface area contributed by atoms with E-state index in [0.29, 0.717) is 12.2 Å². The van der Waals surface area contributed by atoms with Gasteiger partial charge in [-0.15, -0.1) is 0 Å². The van der Waals surface area contributed by atoms with E-state index in [1.807, 2.05) is 6.92 Å². The van der Waals surface area contributed by atoms with E-state index in [0.717, 1.165) is 4.47 Å². The number of nitro benzene ring substituents is 1. The van der Waals surface area contributed by atoms with Crippen LogP contribution in [0.4, 0.5) is 11.4 Å². The molecular weight excluding hydrogens is 236 g/mol. The Hall–Kier alpha value is -1.10. The van der Waals surface area contributed by atoms with Crippen LogP contribution in [0.1, 0.15) is 6.92 Å². The second-order valence-electron chi connectivity index (χ2n) is 2.45. The number of nitro groups is 1. The zero-order chi connectivity index (χ0) is 9.84. The van der Waals surface area contributed by atoms with Crippen molar-refractivity contribution in [3.63, 3.8) is 0 Å². The van der Waals surface area contributed by atoms with Crippen LogP contribution in [0.2, 0.25) is 0 Å². The van der Waals surface area contributed by atoms with Crippen molar-refractivity contribution in [3.8, 4) is 0 Å². The van der Waals surface area contributed by atoms with Crippen LogP contribution in [-0.4, -0.2) is 11.5 Å². The molecule has 0 unspecified atom stereocenters. The molecule has 0 spiro atoms. The van der Waals surface area contributed by atoms with Gasteiger partial charge in [-0.1, -0.05) is 15.9 Å². The Balaban J connectivity index is 3.10. The summed E-state index contributed by atoms with van der Waals surface area (Å²) in [5.41, 5.74) is 0.645. The van der Waals surface area contributed by atoms with Gasteiger partial charge < -0.3 is 5.32 Å². The lowest BCUT2D eigenvalue weighted by molar-refractivity contribution is -0.384. The molecule has 0 atom stereocenters. The first-order chi connectivity index (χ1) is 6.15. The third-order valence-corrected chi connectivity index (χ3v) is 2.02. The van der Waals surface area contributed by atoms with Gasteiger partial charge in [-0.05, 0) is 19.1 Å². The molecule has 13 heavy (non-hydrogen) atoms. The summed E-state index contributed by atoms with van der Waals surface area (Å²) in [6.07, 6.45) is 0. The average Bonchev–Trinajstić information content (AvgIpc) is 2.04. The van der Waals surface area contributed by atoms with Crippen LogP contribution in [0.5, 0.6) is 0 Å². The Morgan fingerprint density at radius 2 is 2.31 bits per heavy atom. The fraction of sp³-hybridized carbons (Fsp3) is 0.250. The molecule has 70 valence electrons. The SMILES string of the molecule is CCNc1cc(Br)ccc1[N+](=O)[O-]. The van der Waals surface area contributed by atoms with Gasteiger partial charge in [0.25, 0.3) is 5.69 Å². The summed E-state index contributed by atoms with van der Waals surface area (Å²) in [6, 6.07) is 4.82. The monoisotopic (exact) mass is 244 g/mol. The van der Waals surface area contributed by atoms with Crippen molar-refractivity contribution in [2.45, 2.75) is 6.92 Å². The molecule has 0 saturated heterocycles. The highest BCUT2D eigenvalue weighted by atomic mass is 79.9. The topological polar surface area (TPSA) is 55.2 Å². The minimum Gasteiger partial charge on any atom is -0.380 e. The van der Waals surface area contributed by atoms with Crippen molar-refractivity contribution in [3.05, 3.63) is 32.8 Å². The third-order valence-electron chi connectivity index (χ3n) is 1.52. The van der Waals surface area contributed by atoms with Crippen LogP contribution >= 0.6 is 15.9 Å². The number of benzene rings is 1. The molecule has 0 radical (unpaired) electrons. The summed E-state index contributed by atoms with van der Waals surface area (Å²) in [7, 11) is 0. The average molecular weight is 245 g/mol. The number of hydrogen-bond donors (Lipinski definition) is 1. The molecule has 0 aliphatic heterocycles. The van der Waals surface area contributed by atoms with Gasteiger partial charge in [0.1, 0.15) is 5.69 Å². The molecule has 0 aromatic heterocycles. The molecule has 0 aliphatic rings. The van der Waals surface area contributed by atoms with Crippen molar-refractivity contribution in [2.24, 2.45) is 0 Å². The van der Waals surface area contributed by atoms with Gasteiger partial charge in [0.05, 0.1) is 4.92 Å². The van der Waals surface area contributed by atoms with Gasteiger partial charge in [-0.2, -0.15) is 0 Å². The predicted molar refractivity (Wildman–Crippen MR) is 55.0 cm³/mol. The summed E-state index contributed by atoms with van der Waals surface area (Å²) >= 11 is 3.25. The summed E-state index contributed by atoms with van der Waals surface area (Å²) < 4.78 is 0.828. The van der Waals surface area contributed by atoms with E-state index >= 15 is 0 Å². The number of hydrogen-bond acceptors (Lipinski definition) is 3. The molecule has 0 fully saturated rings. The molecule has 0 saturated carbocycles. The number of anilines is 1. The Morgan fingerprint density at radius 1 is 1.62 bits per heavy atom. The number of rotatable bonds is 3. The number of nitrogens with one attached hydrogen (secondary N) is 1. The normalized spacial score (nSPS) is 9.69. The molecule has 1 aromatic rings. The largest absolute Gasteiger partial charge is 0.380 e. The quantitative estimate of drug-likeness (QED) is 0.658. The second kappa shape index (κ2) is 4.23. The van der Waals surface area contributed by atoms with Crippen molar-refractivity contribution < 1.29 is 4.92 Å². The lowest BCUT2D eigenvalue weighted by atomic mass is 10.2. The zero-order valence-electron chi connectivity index (χ0n) is 7.08. The molecule has 5 heteroatoms. The van der Waals surface area contributed by atoms with Gasteiger partial charge in [-0.25, -0.2) is 0 Å². The highest BCUT2D eigenvalue weighted by Crippen LogP contribution is 2.27. The summed E-state index contributed by atoms with van der Waals surface area (Å²) in [4.78, 5) is 10.2. The Bertz CT molecular complexity index is 328. The predicted octanol–water partition coefficient (Wildman–Crippen LogP) is 2.79. The molecule has 0 heterocycles. The minimum absolute atomic E-state index is 0.102. The van der Waals surface area contributed by atoms with E-state index in [4.69, 9.17) is 0 Å². The lowest BCUT2D eigenvalue weighted by Gasteiger charge is -2.03. The van der Waals surface area contributed by atoms with E-state index in [1.54, 1.807) is 12.1 Å². The highest BCUT2D eigenvalue weighted by Gasteiger charge is 2.12. The van der Waals surface area contributed by atoms with E-state index in [9.17, 15) is 10.1 Å². The highest BCUT2D eigenvalue weighted by molar-refractivity contribution is 9.10. The van der Waals surface area contributed by atoms with Crippen molar-refractivity contribution in [1.29, 1.82) is 0 Å². The van der Waals surface area contributed by atoms with E-state index in [-0.39, 0.29) is 5.69 Å². The van der Waals surface area contributed by atoms with Crippen LogP contribution in [-0.2, 0) is 0 Å². The van der Waals surface area contributed by atoms with Crippen LogP contribution in [0.25, 0.3) is 0 Å². The van der Waals surface area contributed by atoms with Crippen molar-refractivity contribution in [2.75, 3.05) is 11.9 Å². The maximum atomic E-state index is 10.6. The first-order valence-corrected chi connectivity index (χ1v) is 4.62. The smallest absolute Gasteiger partial charge is 0.292 e. The van der Waals surface area contributed by atoms with Crippen molar-refractivity contribution in [1.82, 2.24) is 0 Å². The molecular formula is C8H9BrN2O2. The first-order valence-electron chi connectivity index (χ1n) is 3.83. The van der Waals surface area contributed by atoms with Crippen LogP contribution in [0.3, 0.4) is 0 Å². The maximum Gasteiger partial charge on any atom is 0.292 e. The lowest BCUT2D eigenvalue weighted by Crippen LogP contribution is -2.00. The Labute approximate surface area is 84.2 Å². The minimum atomic E-state index is -0.398. The molecule has 1 rings (SSSR count). The van der Waals surface area contributed by atoms with E-state index < -0.39 is 4.92 Å². The van der Waals surface area contributed by atoms with Gasteiger partial charge >= 0.3 is 0 Å². The third kappa shape index (κ3) is 2.42. The molecule has 0 bridgehead atoms. The number of halogens is 1. The van der Waals surface area contributed by atoms with Gasteiger partial charge in [-0.3, -0.25) is 10.1 Å². The summed E-state index contributed by atoms with van der Waals surface area (Å²) in [6.45, 7) is 2.56. The Kier molecular flexibility index (Phi) is 3.25. The second-order valence-corrected chi connectivity index (χ2v) is 3.36. The van der Waals surface area contributed by atoms with Crippen LogP contribution in [0.15, 0.2) is 22.7 Å². The summed E-state index contributed by atoms with van der Waals surface area (Å²) in [5, 5.41) is 13.5. The Morgan fingerprint density at radius 3 is 2.85 bits per heavy atom. The van der Waals surface area contributed by atoms with Gasteiger partial charge in [0, 0.05) is 17.1 Å². The molecule has 1 aromatic carbocycles. The van der Waals surface area contributed by atoms with Crippen LogP contribution in [0, 0.1) is 10.1 Å². The standard InChI is InChI=1S/C8H9BrN2O2/c1-2-10-7-5-6(9)3-4-8(7)11(12)13/h3-5,10H,2H2,1H3. The van der Waals surface area contributed by atoms with Gasteiger partial charge in [0.15, 0.2) is 0 Å². The summed E-state index contributed by atoms with van der Waals surface area (Å²) in [5.74, 6) is 0. The molecule has 1 N–H and O–H groups in total. The van der Waals surface area contributed by atoms with Crippen molar-refractivity contribution >= 4 is 27.3 Å². The fourth-order valence-corrected chi connectivity index (χ4v) is 1.36. The molecule has 4 nitrogen and oxygen atoms in total. The van der Waals surface area contributed by atoms with E-state index in [2.05, 4.69) is 21.2 Å². The fourth-order valence-electron chi connectivity index (χ4n) is 1.000. The number of nitrogens with zero attached hydrogens (tertiary/aromatic N) is 1. The molecule has 0 amide bonds. The van der Waals surface area contributed by atoms with E-state index in [1.165, 1.54) is 6.07 Å². The maximum absolute atomic E-state index is 10.6. The molecule has 0 aliphatic carbocycles. The zero-order valence-corrected chi connectivity index (χ0v) is 8.67. The van der Waals surface area contributed by atoms with Crippen LogP contribution < -0.4 is 5.32 Å². The first kappa shape index (κ1) is 9.98. The van der Waals surface area contributed by atoms with Gasteiger partial charge in [0.2, 0.25) is 0 Å².